The highest BCUT2D eigenvalue weighted by Gasteiger charge is 2.36. The van der Waals surface area contributed by atoms with E-state index in [1.165, 1.54) is 65.7 Å². The lowest BCUT2D eigenvalue weighted by Crippen LogP contribution is -2.14. The summed E-state index contributed by atoms with van der Waals surface area (Å²) in [6.45, 7) is 4.71. The van der Waals surface area contributed by atoms with Crippen molar-refractivity contribution in [3.8, 4) is 22.3 Å². The smallest absolute Gasteiger partial charge is 0.0468 e. The summed E-state index contributed by atoms with van der Waals surface area (Å²) in [5.74, 6) is 0. The molecule has 0 amide bonds. The fourth-order valence-corrected chi connectivity index (χ4v) is 7.66. The SMILES string of the molecule is CC1(C)c2ccccc2-c2c1ccc1c2ccc2ccc(N(c3ccc(-c4ccccc4)cc3)c3ccc4ccccc4c3)cc21. The molecule has 8 aromatic carbocycles. The van der Waals surface area contributed by atoms with E-state index >= 15 is 0 Å². The molecule has 1 aliphatic carbocycles. The van der Waals surface area contributed by atoms with Crippen molar-refractivity contribution in [3.63, 3.8) is 0 Å². The molecule has 0 atom stereocenters. The zero-order valence-corrected chi connectivity index (χ0v) is 26.0. The van der Waals surface area contributed by atoms with Gasteiger partial charge in [0.2, 0.25) is 0 Å². The van der Waals surface area contributed by atoms with Gasteiger partial charge in [-0.25, -0.2) is 0 Å². The number of hydrogen-bond acceptors (Lipinski definition) is 1. The van der Waals surface area contributed by atoms with Gasteiger partial charge in [-0.1, -0.05) is 141 Å². The van der Waals surface area contributed by atoms with Crippen LogP contribution in [0.5, 0.6) is 0 Å². The van der Waals surface area contributed by atoms with E-state index in [1.807, 2.05) is 0 Å². The van der Waals surface area contributed by atoms with Crippen LogP contribution in [0, 0.1) is 0 Å². The minimum Gasteiger partial charge on any atom is -0.310 e. The van der Waals surface area contributed by atoms with Gasteiger partial charge in [-0.05, 0) is 102 Å². The molecule has 0 N–H and O–H groups in total. The van der Waals surface area contributed by atoms with E-state index in [2.05, 4.69) is 183 Å². The number of nitrogens with zero attached hydrogens (tertiary/aromatic N) is 1. The largest absolute Gasteiger partial charge is 0.310 e. The van der Waals surface area contributed by atoms with Gasteiger partial charge in [0.15, 0.2) is 0 Å². The van der Waals surface area contributed by atoms with Crippen LogP contribution in [0.4, 0.5) is 17.1 Å². The molecule has 46 heavy (non-hydrogen) atoms. The van der Waals surface area contributed by atoms with E-state index in [1.54, 1.807) is 0 Å². The van der Waals surface area contributed by atoms with Gasteiger partial charge in [0.05, 0.1) is 0 Å². The molecule has 0 fully saturated rings. The Labute approximate surface area is 270 Å². The Morgan fingerprint density at radius 2 is 1.00 bits per heavy atom. The number of fused-ring (bicyclic) bond motifs is 8. The van der Waals surface area contributed by atoms with E-state index in [-0.39, 0.29) is 5.41 Å². The summed E-state index contributed by atoms with van der Waals surface area (Å²) < 4.78 is 0. The third-order valence-electron chi connectivity index (χ3n) is 10.0. The fraction of sp³-hybridized carbons (Fsp3) is 0.0667. The monoisotopic (exact) mass is 587 g/mol. The summed E-state index contributed by atoms with van der Waals surface area (Å²) >= 11 is 0. The van der Waals surface area contributed by atoms with Gasteiger partial charge < -0.3 is 4.90 Å². The summed E-state index contributed by atoms with van der Waals surface area (Å²) in [5, 5.41) is 7.61. The van der Waals surface area contributed by atoms with Crippen molar-refractivity contribution >= 4 is 49.4 Å². The molecule has 0 unspecified atom stereocenters. The minimum absolute atomic E-state index is 0.0181. The number of benzene rings is 8. The Morgan fingerprint density at radius 1 is 0.391 bits per heavy atom. The van der Waals surface area contributed by atoms with Gasteiger partial charge in [-0.2, -0.15) is 0 Å². The molecule has 0 spiro atoms. The van der Waals surface area contributed by atoms with Crippen LogP contribution in [0.15, 0.2) is 164 Å². The van der Waals surface area contributed by atoms with Crippen LogP contribution >= 0.6 is 0 Å². The van der Waals surface area contributed by atoms with Crippen LogP contribution in [0.3, 0.4) is 0 Å². The molecule has 1 aliphatic rings. The molecule has 0 saturated heterocycles. The first-order valence-electron chi connectivity index (χ1n) is 16.1. The molecule has 9 rings (SSSR count). The predicted molar refractivity (Wildman–Crippen MR) is 197 cm³/mol. The van der Waals surface area contributed by atoms with E-state index in [4.69, 9.17) is 0 Å². The zero-order valence-electron chi connectivity index (χ0n) is 26.0. The van der Waals surface area contributed by atoms with Crippen molar-refractivity contribution in [2.75, 3.05) is 4.90 Å². The Morgan fingerprint density at radius 3 is 1.83 bits per heavy atom. The summed E-state index contributed by atoms with van der Waals surface area (Å²) in [4.78, 5) is 2.39. The second kappa shape index (κ2) is 10.2. The van der Waals surface area contributed by atoms with Gasteiger partial charge in [0.25, 0.3) is 0 Å². The molecule has 0 saturated carbocycles. The van der Waals surface area contributed by atoms with Gasteiger partial charge in [0, 0.05) is 22.5 Å². The van der Waals surface area contributed by atoms with E-state index in [0.717, 1.165) is 17.1 Å². The fourth-order valence-electron chi connectivity index (χ4n) is 7.66. The van der Waals surface area contributed by atoms with Crippen LogP contribution in [0.1, 0.15) is 25.0 Å². The third kappa shape index (κ3) is 4.09. The first-order chi connectivity index (χ1) is 22.6. The Hall–Kier alpha value is -5.66. The first-order valence-corrected chi connectivity index (χ1v) is 16.1. The summed E-state index contributed by atoms with van der Waals surface area (Å²) in [6, 6.07) is 60.1. The number of anilines is 3. The van der Waals surface area contributed by atoms with Crippen LogP contribution < -0.4 is 4.90 Å². The minimum atomic E-state index is -0.0181. The van der Waals surface area contributed by atoms with E-state index in [0.29, 0.717) is 0 Å². The second-order valence-electron chi connectivity index (χ2n) is 13.0. The van der Waals surface area contributed by atoms with Gasteiger partial charge in [-0.3, -0.25) is 0 Å². The summed E-state index contributed by atoms with van der Waals surface area (Å²) in [6.07, 6.45) is 0. The van der Waals surface area contributed by atoms with E-state index in [9.17, 15) is 0 Å². The zero-order chi connectivity index (χ0) is 30.8. The summed E-state index contributed by atoms with van der Waals surface area (Å²) in [5.41, 5.74) is 11.4. The molecular formula is C45H33N. The molecule has 1 nitrogen and oxygen atoms in total. The summed E-state index contributed by atoms with van der Waals surface area (Å²) in [7, 11) is 0. The van der Waals surface area contributed by atoms with Gasteiger partial charge in [0.1, 0.15) is 0 Å². The number of hydrogen-bond donors (Lipinski definition) is 0. The van der Waals surface area contributed by atoms with Crippen molar-refractivity contribution in [3.05, 3.63) is 175 Å². The first kappa shape index (κ1) is 26.7. The lowest BCUT2D eigenvalue weighted by Gasteiger charge is -2.27. The van der Waals surface area contributed by atoms with Crippen LogP contribution in [-0.2, 0) is 5.41 Å². The highest BCUT2D eigenvalue weighted by Crippen LogP contribution is 2.52. The average Bonchev–Trinajstić information content (AvgIpc) is 3.35. The van der Waals surface area contributed by atoms with Crippen molar-refractivity contribution in [2.24, 2.45) is 0 Å². The molecule has 0 heterocycles. The molecule has 0 radical (unpaired) electrons. The third-order valence-corrected chi connectivity index (χ3v) is 10.0. The quantitative estimate of drug-likeness (QED) is 0.185. The van der Waals surface area contributed by atoms with Crippen LogP contribution in [0.2, 0.25) is 0 Å². The highest BCUT2D eigenvalue weighted by molar-refractivity contribution is 6.15. The molecule has 0 aliphatic heterocycles. The average molecular weight is 588 g/mol. The molecular weight excluding hydrogens is 555 g/mol. The van der Waals surface area contributed by atoms with Gasteiger partial charge in [-0.15, -0.1) is 0 Å². The second-order valence-corrected chi connectivity index (χ2v) is 13.0. The Balaban J connectivity index is 1.25. The van der Waals surface area contributed by atoms with Crippen molar-refractivity contribution in [2.45, 2.75) is 19.3 Å². The normalized spacial score (nSPS) is 13.2. The molecule has 0 aromatic heterocycles. The highest BCUT2D eigenvalue weighted by atomic mass is 15.1. The lowest BCUT2D eigenvalue weighted by atomic mass is 9.82. The molecule has 218 valence electrons. The maximum Gasteiger partial charge on any atom is 0.0468 e. The van der Waals surface area contributed by atoms with Crippen molar-refractivity contribution in [1.29, 1.82) is 0 Å². The van der Waals surface area contributed by atoms with E-state index < -0.39 is 0 Å². The predicted octanol–water partition coefficient (Wildman–Crippen LogP) is 12.6. The maximum absolute atomic E-state index is 2.39. The molecule has 8 aromatic rings. The van der Waals surface area contributed by atoms with Crippen LogP contribution in [0.25, 0.3) is 54.6 Å². The van der Waals surface area contributed by atoms with Crippen LogP contribution in [-0.4, -0.2) is 0 Å². The maximum atomic E-state index is 2.39. The number of rotatable bonds is 4. The molecule has 0 bridgehead atoms. The molecule has 1 heteroatoms. The van der Waals surface area contributed by atoms with Crippen molar-refractivity contribution in [1.82, 2.24) is 0 Å². The van der Waals surface area contributed by atoms with Gasteiger partial charge >= 0.3 is 0 Å². The Kier molecular flexibility index (Phi) is 5.92. The topological polar surface area (TPSA) is 3.24 Å². The standard InChI is InChI=1S/C45H33N/c1-45(2)42-15-9-8-14-40(42)44-39-25-20-33-19-24-37(29-41(33)38(39)26-27-43(44)45)46(36-23-18-31-12-6-7-13-34(31)28-36)35-21-16-32(17-22-35)30-10-4-3-5-11-30/h3-29H,1-2H3. The Bertz CT molecular complexity index is 2430. The lowest BCUT2D eigenvalue weighted by molar-refractivity contribution is 0.661. The van der Waals surface area contributed by atoms with Crippen molar-refractivity contribution < 1.29 is 0 Å².